The number of piperazine rings is 1. The number of anilines is 1. The molecule has 1 fully saturated rings. The summed E-state index contributed by atoms with van der Waals surface area (Å²) < 4.78 is 10.2. The van der Waals surface area contributed by atoms with Crippen molar-refractivity contribution in [1.82, 2.24) is 14.8 Å². The normalized spacial score (nSPS) is 13.5. The van der Waals surface area contributed by atoms with Crippen LogP contribution < -0.4 is 10.1 Å². The van der Waals surface area contributed by atoms with Crippen LogP contribution in [-0.2, 0) is 14.3 Å². The predicted octanol–water partition coefficient (Wildman–Crippen LogP) is 3.10. The molecule has 1 aromatic heterocycles. The van der Waals surface area contributed by atoms with Gasteiger partial charge in [-0.25, -0.2) is 9.78 Å². The predicted molar refractivity (Wildman–Crippen MR) is 130 cm³/mol. The second kappa shape index (κ2) is 11.9. The van der Waals surface area contributed by atoms with Crippen LogP contribution >= 0.6 is 23.1 Å². The van der Waals surface area contributed by atoms with E-state index in [2.05, 4.69) is 10.3 Å². The molecule has 11 heteroatoms. The third-order valence-electron chi connectivity index (χ3n) is 5.02. The van der Waals surface area contributed by atoms with Gasteiger partial charge in [-0.2, -0.15) is 0 Å². The molecular weight excluding hydrogens is 464 g/mol. The Hall–Kier alpha value is -2.79. The van der Waals surface area contributed by atoms with E-state index in [0.717, 1.165) is 21.9 Å². The largest absolute Gasteiger partial charge is 0.497 e. The molecule has 9 nitrogen and oxygen atoms in total. The lowest BCUT2D eigenvalue weighted by molar-refractivity contribution is -0.129. The molecule has 0 unspecified atom stereocenters. The molecule has 1 aliphatic rings. The lowest BCUT2D eigenvalue weighted by Crippen LogP contribution is -2.51. The van der Waals surface area contributed by atoms with E-state index in [4.69, 9.17) is 9.47 Å². The third kappa shape index (κ3) is 6.84. The summed E-state index contributed by atoms with van der Waals surface area (Å²) in [6.45, 7) is 5.90. The number of benzene rings is 1. The third-order valence-corrected chi connectivity index (χ3v) is 6.83. The molecular formula is C22H28N4O5S2. The van der Waals surface area contributed by atoms with Crippen molar-refractivity contribution in [1.29, 1.82) is 0 Å². The van der Waals surface area contributed by atoms with E-state index >= 15 is 0 Å². The lowest BCUT2D eigenvalue weighted by atomic mass is 10.1. The number of aryl methyl sites for hydroxylation is 1. The SMILES string of the molecule is CCOC(=O)N1CCN(C(=O)CSCC(=O)Nc2nc(-c3ccc(OC)cc3)c(C)s2)CC1. The van der Waals surface area contributed by atoms with Gasteiger partial charge in [-0.3, -0.25) is 9.59 Å². The molecule has 1 aliphatic heterocycles. The first-order valence-corrected chi connectivity index (χ1v) is 12.6. The Morgan fingerprint density at radius 2 is 1.76 bits per heavy atom. The first-order chi connectivity index (χ1) is 15.9. The number of amides is 3. The van der Waals surface area contributed by atoms with Crippen molar-refractivity contribution in [2.75, 3.05) is 56.7 Å². The van der Waals surface area contributed by atoms with Crippen LogP contribution in [-0.4, -0.2) is 84.1 Å². The number of carbonyl (C=O) groups excluding carboxylic acids is 3. The molecule has 2 aromatic rings. The van der Waals surface area contributed by atoms with Gasteiger partial charge in [0, 0.05) is 36.6 Å². The fraction of sp³-hybridized carbons (Fsp3) is 0.455. The van der Waals surface area contributed by atoms with E-state index in [9.17, 15) is 14.4 Å². The van der Waals surface area contributed by atoms with Crippen molar-refractivity contribution < 1.29 is 23.9 Å². The van der Waals surface area contributed by atoms with E-state index in [1.54, 1.807) is 23.8 Å². The fourth-order valence-corrected chi connectivity index (χ4v) is 4.87. The molecule has 3 rings (SSSR count). The van der Waals surface area contributed by atoms with Crippen LogP contribution in [0.3, 0.4) is 0 Å². The second-order valence-corrected chi connectivity index (χ2v) is 9.45. The van der Waals surface area contributed by atoms with Gasteiger partial charge in [0.15, 0.2) is 5.13 Å². The van der Waals surface area contributed by atoms with Crippen molar-refractivity contribution in [3.8, 4) is 17.0 Å². The average Bonchev–Trinajstić information content (AvgIpc) is 3.18. The van der Waals surface area contributed by atoms with Gasteiger partial charge in [-0.05, 0) is 38.1 Å². The van der Waals surface area contributed by atoms with Crippen LogP contribution in [0.25, 0.3) is 11.3 Å². The number of methoxy groups -OCH3 is 1. The van der Waals surface area contributed by atoms with Gasteiger partial charge in [-0.1, -0.05) is 0 Å². The smallest absolute Gasteiger partial charge is 0.409 e. The maximum Gasteiger partial charge on any atom is 0.409 e. The van der Waals surface area contributed by atoms with Gasteiger partial charge < -0.3 is 24.6 Å². The van der Waals surface area contributed by atoms with Crippen molar-refractivity contribution in [2.45, 2.75) is 13.8 Å². The molecule has 0 aliphatic carbocycles. The minimum atomic E-state index is -0.344. The topological polar surface area (TPSA) is 101 Å². The van der Waals surface area contributed by atoms with Gasteiger partial charge in [0.25, 0.3) is 0 Å². The Morgan fingerprint density at radius 3 is 2.39 bits per heavy atom. The number of rotatable bonds is 8. The summed E-state index contributed by atoms with van der Waals surface area (Å²) >= 11 is 2.68. The van der Waals surface area contributed by atoms with Crippen molar-refractivity contribution in [3.05, 3.63) is 29.1 Å². The summed E-state index contributed by atoms with van der Waals surface area (Å²) in [4.78, 5) is 45.3. The molecule has 3 amide bonds. The number of thiazole rings is 1. The van der Waals surface area contributed by atoms with Gasteiger partial charge in [-0.15, -0.1) is 23.1 Å². The van der Waals surface area contributed by atoms with Crippen LogP contribution in [0.4, 0.5) is 9.93 Å². The van der Waals surface area contributed by atoms with Gasteiger partial charge >= 0.3 is 6.09 Å². The van der Waals surface area contributed by atoms with Crippen LogP contribution in [0.1, 0.15) is 11.8 Å². The lowest BCUT2D eigenvalue weighted by Gasteiger charge is -2.34. The first kappa shape index (κ1) is 24.8. The molecule has 1 aromatic carbocycles. The second-order valence-electron chi connectivity index (χ2n) is 7.26. The fourth-order valence-electron chi connectivity index (χ4n) is 3.30. The molecule has 1 saturated heterocycles. The van der Waals surface area contributed by atoms with E-state index in [1.165, 1.54) is 23.1 Å². The van der Waals surface area contributed by atoms with Gasteiger partial charge in [0.1, 0.15) is 5.75 Å². The van der Waals surface area contributed by atoms with E-state index in [-0.39, 0.29) is 29.4 Å². The van der Waals surface area contributed by atoms with Crippen molar-refractivity contribution in [2.24, 2.45) is 0 Å². The number of nitrogens with zero attached hydrogens (tertiary/aromatic N) is 3. The van der Waals surface area contributed by atoms with Crippen LogP contribution in [0.5, 0.6) is 5.75 Å². The number of hydrogen-bond acceptors (Lipinski definition) is 8. The Kier molecular flexibility index (Phi) is 8.95. The highest BCUT2D eigenvalue weighted by molar-refractivity contribution is 8.00. The van der Waals surface area contributed by atoms with Crippen molar-refractivity contribution in [3.63, 3.8) is 0 Å². The average molecular weight is 493 g/mol. The molecule has 33 heavy (non-hydrogen) atoms. The Bertz CT molecular complexity index is 972. The Balaban J connectivity index is 1.42. The number of nitrogens with one attached hydrogen (secondary N) is 1. The highest BCUT2D eigenvalue weighted by Gasteiger charge is 2.24. The molecule has 0 spiro atoms. The minimum Gasteiger partial charge on any atom is -0.497 e. The van der Waals surface area contributed by atoms with Crippen molar-refractivity contribution >= 4 is 46.1 Å². The molecule has 178 valence electrons. The summed E-state index contributed by atoms with van der Waals surface area (Å²) in [5.41, 5.74) is 1.77. The number of thioether (sulfide) groups is 1. The van der Waals surface area contributed by atoms with Gasteiger partial charge in [0.05, 0.1) is 30.9 Å². The summed E-state index contributed by atoms with van der Waals surface area (Å²) in [5, 5.41) is 3.35. The van der Waals surface area contributed by atoms with E-state index in [1.807, 2.05) is 31.2 Å². The summed E-state index contributed by atoms with van der Waals surface area (Å²) in [6.07, 6.45) is -0.344. The van der Waals surface area contributed by atoms with Crippen LogP contribution in [0, 0.1) is 6.92 Å². The number of ether oxygens (including phenoxy) is 2. The zero-order chi connectivity index (χ0) is 23.8. The number of aromatic nitrogens is 1. The monoisotopic (exact) mass is 492 g/mol. The molecule has 0 bridgehead atoms. The quantitative estimate of drug-likeness (QED) is 0.604. The summed E-state index contributed by atoms with van der Waals surface area (Å²) in [6, 6.07) is 7.61. The minimum absolute atomic E-state index is 0.0387. The Morgan fingerprint density at radius 1 is 1.09 bits per heavy atom. The first-order valence-electron chi connectivity index (χ1n) is 10.6. The highest BCUT2D eigenvalue weighted by Crippen LogP contribution is 2.31. The van der Waals surface area contributed by atoms with E-state index in [0.29, 0.717) is 37.9 Å². The number of carbonyl (C=O) groups is 3. The van der Waals surface area contributed by atoms with Crippen LogP contribution in [0.2, 0.25) is 0 Å². The molecule has 2 heterocycles. The van der Waals surface area contributed by atoms with Crippen LogP contribution in [0.15, 0.2) is 24.3 Å². The molecule has 0 atom stereocenters. The maximum atomic E-state index is 12.4. The number of hydrogen-bond donors (Lipinski definition) is 1. The zero-order valence-electron chi connectivity index (χ0n) is 19.0. The highest BCUT2D eigenvalue weighted by atomic mass is 32.2. The summed E-state index contributed by atoms with van der Waals surface area (Å²) in [5.74, 6) is 0.900. The molecule has 0 saturated carbocycles. The molecule has 1 N–H and O–H groups in total. The molecule has 0 radical (unpaired) electrons. The van der Waals surface area contributed by atoms with E-state index < -0.39 is 0 Å². The maximum absolute atomic E-state index is 12.4. The summed E-state index contributed by atoms with van der Waals surface area (Å²) in [7, 11) is 1.62. The standard InChI is InChI=1S/C22H28N4O5S2/c1-4-31-22(29)26-11-9-25(10-12-26)19(28)14-32-13-18(27)23-21-24-20(15(2)33-21)16-5-7-17(30-3)8-6-16/h5-8H,4,9-14H2,1-3H3,(H,23,24,27). The van der Waals surface area contributed by atoms with Gasteiger partial charge in [0.2, 0.25) is 11.8 Å². The Labute approximate surface area is 201 Å². The zero-order valence-corrected chi connectivity index (χ0v) is 20.6.